The van der Waals surface area contributed by atoms with Gasteiger partial charge in [0.05, 0.1) is 22.6 Å². The number of halogens is 5. The second kappa shape index (κ2) is 21.5. The van der Waals surface area contributed by atoms with Crippen LogP contribution in [-0.4, -0.2) is 113 Å². The summed E-state index contributed by atoms with van der Waals surface area (Å²) in [6.07, 6.45) is 5.80. The second-order valence-electron chi connectivity index (χ2n) is 22.2. The van der Waals surface area contributed by atoms with Gasteiger partial charge in [0.15, 0.2) is 28.8 Å². The molecule has 10 rings (SSSR count). The summed E-state index contributed by atoms with van der Waals surface area (Å²) in [4.78, 5) is 56.8. The molecule has 77 heavy (non-hydrogen) atoms. The average Bonchev–Trinajstić information content (AvgIpc) is 4.01. The molecule has 5 aromatic rings. The second-order valence-corrected chi connectivity index (χ2v) is 22.6. The molecule has 4 aliphatic heterocycles. The number of carbonyl (C=O) groups is 4. The molecule has 20 heteroatoms. The molecule has 15 nitrogen and oxygen atoms in total. The Kier molecular flexibility index (Phi) is 15.1. The molecule has 4 aromatic carbocycles. The van der Waals surface area contributed by atoms with Gasteiger partial charge in [0.25, 0.3) is 0 Å². The van der Waals surface area contributed by atoms with Crippen molar-refractivity contribution in [1.82, 2.24) is 30.2 Å². The number of hydrogen-bond acceptors (Lipinski definition) is 10. The number of imide groups is 1. The Morgan fingerprint density at radius 3 is 2.27 bits per heavy atom. The van der Waals surface area contributed by atoms with Gasteiger partial charge in [-0.15, -0.1) is 0 Å². The number of urea groups is 1. The lowest BCUT2D eigenvalue weighted by molar-refractivity contribution is -0.138. The van der Waals surface area contributed by atoms with Crippen molar-refractivity contribution < 1.29 is 51.3 Å². The summed E-state index contributed by atoms with van der Waals surface area (Å²) in [5.41, 5.74) is 4.13. The number of piperidine rings is 2. The fourth-order valence-electron chi connectivity index (χ4n) is 12.5. The van der Waals surface area contributed by atoms with Crippen LogP contribution in [0.2, 0.25) is 5.02 Å². The highest BCUT2D eigenvalue weighted by Gasteiger charge is 2.50. The van der Waals surface area contributed by atoms with Crippen molar-refractivity contribution in [3.63, 3.8) is 0 Å². The first-order valence-electron chi connectivity index (χ1n) is 26.7. The van der Waals surface area contributed by atoms with Crippen molar-refractivity contribution in [3.8, 4) is 22.6 Å². The molecule has 0 radical (unpaired) electrons. The third-order valence-corrected chi connectivity index (χ3v) is 17.2. The first-order chi connectivity index (χ1) is 36.8. The third kappa shape index (κ3) is 10.2. The van der Waals surface area contributed by atoms with Gasteiger partial charge in [-0.1, -0.05) is 48.9 Å². The standard InChI is InChI=1S/C57H65ClF4N8O7/c1-31-44-42(27-40(60)48(58)47(44)46-37(52(63)73)14-15-41(49(46)61)76-56(2,3)30-71)77-57(31,35-8-6-5-7-9-35)29-64-36-12-10-34(11-13-36)54(74)69-23-16-32(17-24-69)28-68-21-18-33(19-22-68)45-39(59)26-38-51(50(45)62)67(4)66-53(38)70-25-20-43(72)65-55(70)75/h5-9,14-15,26-27,31-34,36,64,71H,10-13,16-25,28-30H2,1-4H3,(H2,63,73)(H,65,72,75)/t31-,34?,36?,57-/m0/s1. The molecule has 0 spiro atoms. The minimum Gasteiger partial charge on any atom is -0.482 e. The minimum absolute atomic E-state index is 0.0264. The van der Waals surface area contributed by atoms with E-state index in [1.165, 1.54) is 33.8 Å². The van der Waals surface area contributed by atoms with E-state index in [2.05, 4.69) is 20.6 Å². The maximum Gasteiger partial charge on any atom is 0.329 e. The maximum atomic E-state index is 16.8. The molecule has 410 valence electrons. The SMILES string of the molecule is C[C@H]1c2c(cc(F)c(Cl)c2-c2c(C(N)=O)ccc(OC(C)(C)CO)c2F)O[C@]1(CNC1CCC(C(=O)N2CCC(CN3CCC(c4c(F)cc5c(N6CCC(=O)NC6=O)nn(C)c5c4F)CC3)CC2)CC1)c1ccccc1. The van der Waals surface area contributed by atoms with Crippen molar-refractivity contribution in [2.24, 2.45) is 24.6 Å². The summed E-state index contributed by atoms with van der Waals surface area (Å²) >= 11 is 6.77. The zero-order valence-electron chi connectivity index (χ0n) is 43.7. The van der Waals surface area contributed by atoms with E-state index in [1.807, 2.05) is 42.2 Å². The number of fused-ring (bicyclic) bond motifs is 2. The lowest BCUT2D eigenvalue weighted by atomic mass is 9.77. The number of anilines is 1. The lowest BCUT2D eigenvalue weighted by Crippen LogP contribution is -2.49. The van der Waals surface area contributed by atoms with Crippen LogP contribution in [0.25, 0.3) is 22.0 Å². The van der Waals surface area contributed by atoms with E-state index in [-0.39, 0.29) is 93.8 Å². The Hall–Kier alpha value is -6.28. The highest BCUT2D eigenvalue weighted by atomic mass is 35.5. The summed E-state index contributed by atoms with van der Waals surface area (Å²) in [5.74, 6) is -5.13. The van der Waals surface area contributed by atoms with Crippen LogP contribution in [0.15, 0.2) is 54.6 Å². The number of aromatic nitrogens is 2. The van der Waals surface area contributed by atoms with Crippen LogP contribution in [0.5, 0.6) is 11.5 Å². The first kappa shape index (κ1) is 54.1. The monoisotopic (exact) mass is 1080 g/mol. The van der Waals surface area contributed by atoms with E-state index >= 15 is 17.6 Å². The van der Waals surface area contributed by atoms with E-state index in [9.17, 15) is 24.3 Å². The first-order valence-corrected chi connectivity index (χ1v) is 27.1. The van der Waals surface area contributed by atoms with Crippen LogP contribution in [0.3, 0.4) is 0 Å². The fraction of sp³-hybridized carbons (Fsp3) is 0.491. The molecule has 5 aliphatic rings. The van der Waals surface area contributed by atoms with Gasteiger partial charge in [-0.25, -0.2) is 22.4 Å². The van der Waals surface area contributed by atoms with Crippen molar-refractivity contribution in [2.75, 3.05) is 57.3 Å². The molecule has 5 N–H and O–H groups in total. The molecule has 4 fully saturated rings. The van der Waals surface area contributed by atoms with E-state index < -0.39 is 69.9 Å². The number of nitrogens with two attached hydrogens (primary N) is 1. The van der Waals surface area contributed by atoms with Crippen molar-refractivity contribution in [3.05, 3.63) is 105 Å². The minimum atomic E-state index is -1.20. The highest BCUT2D eigenvalue weighted by Crippen LogP contribution is 2.57. The topological polar surface area (TPSA) is 185 Å². The molecule has 2 atom stereocenters. The van der Waals surface area contributed by atoms with Crippen molar-refractivity contribution >= 4 is 52.1 Å². The van der Waals surface area contributed by atoms with E-state index in [1.54, 1.807) is 20.9 Å². The third-order valence-electron chi connectivity index (χ3n) is 16.8. The van der Waals surface area contributed by atoms with Gasteiger partial charge in [0.2, 0.25) is 17.7 Å². The Labute approximate surface area is 449 Å². The number of nitrogens with one attached hydrogen (secondary N) is 2. The molecule has 5 heterocycles. The number of aryl methyl sites for hydroxylation is 1. The number of aliphatic hydroxyl groups excluding tert-OH is 1. The lowest BCUT2D eigenvalue weighted by Gasteiger charge is -2.40. The molecular weight excluding hydrogens is 1020 g/mol. The average molecular weight is 1090 g/mol. The number of nitrogens with zero attached hydrogens (tertiary/aromatic N) is 5. The van der Waals surface area contributed by atoms with Crippen LogP contribution in [0.4, 0.5) is 28.2 Å². The number of aliphatic hydroxyl groups is 1. The van der Waals surface area contributed by atoms with Gasteiger partial charge in [0.1, 0.15) is 28.5 Å². The van der Waals surface area contributed by atoms with Crippen LogP contribution in [0.1, 0.15) is 117 Å². The molecular formula is C57H65ClF4N8O7. The van der Waals surface area contributed by atoms with Gasteiger partial charge < -0.3 is 35.4 Å². The molecule has 0 unspecified atom stereocenters. The predicted octanol–water partition coefficient (Wildman–Crippen LogP) is 8.80. The van der Waals surface area contributed by atoms with Crippen LogP contribution in [0, 0.1) is 35.1 Å². The summed E-state index contributed by atoms with van der Waals surface area (Å²) in [5, 5.41) is 20.0. The van der Waals surface area contributed by atoms with Gasteiger partial charge in [-0.05, 0) is 114 Å². The van der Waals surface area contributed by atoms with Gasteiger partial charge in [-0.2, -0.15) is 5.10 Å². The largest absolute Gasteiger partial charge is 0.482 e. The smallest absolute Gasteiger partial charge is 0.329 e. The molecule has 5 amide bonds. The zero-order valence-corrected chi connectivity index (χ0v) is 44.5. The summed E-state index contributed by atoms with van der Waals surface area (Å²) in [6, 6.07) is 13.8. The Bertz CT molecular complexity index is 3120. The Balaban J connectivity index is 0.747. The predicted molar refractivity (Wildman–Crippen MR) is 282 cm³/mol. The number of hydrogen-bond donors (Lipinski definition) is 4. The number of benzene rings is 4. The number of likely N-dealkylation sites (tertiary alicyclic amines) is 2. The van der Waals surface area contributed by atoms with Gasteiger partial charge in [0, 0.05) is 92.4 Å². The van der Waals surface area contributed by atoms with E-state index in [0.29, 0.717) is 63.3 Å². The normalized spacial score (nSPS) is 22.8. The Morgan fingerprint density at radius 2 is 1.61 bits per heavy atom. The maximum absolute atomic E-state index is 16.8. The van der Waals surface area contributed by atoms with Gasteiger partial charge in [-0.3, -0.25) is 29.3 Å². The van der Waals surface area contributed by atoms with Crippen molar-refractivity contribution in [2.45, 2.75) is 108 Å². The van der Waals surface area contributed by atoms with E-state index in [4.69, 9.17) is 26.8 Å². The number of primary amides is 1. The highest BCUT2D eigenvalue weighted by molar-refractivity contribution is 6.34. The van der Waals surface area contributed by atoms with Crippen LogP contribution >= 0.6 is 11.6 Å². The fourth-order valence-corrected chi connectivity index (χ4v) is 12.8. The van der Waals surface area contributed by atoms with E-state index in [0.717, 1.165) is 37.8 Å². The molecule has 1 saturated carbocycles. The molecule has 3 saturated heterocycles. The number of carbonyl (C=O) groups excluding carboxylic acids is 4. The van der Waals surface area contributed by atoms with Gasteiger partial charge >= 0.3 is 6.03 Å². The Morgan fingerprint density at radius 1 is 0.909 bits per heavy atom. The van der Waals surface area contributed by atoms with Crippen LogP contribution in [-0.2, 0) is 22.2 Å². The summed E-state index contributed by atoms with van der Waals surface area (Å²) in [7, 11) is 1.56. The molecule has 0 bridgehead atoms. The molecule has 1 aromatic heterocycles. The quantitative estimate of drug-likeness (QED) is 0.0784. The number of amides is 5. The number of rotatable bonds is 14. The molecule has 1 aliphatic carbocycles. The summed E-state index contributed by atoms with van der Waals surface area (Å²) in [6.45, 7) is 8.46. The van der Waals surface area contributed by atoms with Crippen molar-refractivity contribution in [1.29, 1.82) is 0 Å². The van der Waals surface area contributed by atoms with Crippen LogP contribution < -0.4 is 30.7 Å². The number of ether oxygens (including phenoxy) is 2. The zero-order chi connectivity index (χ0) is 54.7. The summed E-state index contributed by atoms with van der Waals surface area (Å²) < 4.78 is 78.9.